The Kier molecular flexibility index (Phi) is 7.87. The van der Waals surface area contributed by atoms with Gasteiger partial charge in [0.2, 0.25) is 0 Å². The van der Waals surface area contributed by atoms with Crippen LogP contribution in [0.1, 0.15) is 25.7 Å². The summed E-state index contributed by atoms with van der Waals surface area (Å²) >= 11 is 0. The Hall–Kier alpha value is -4.82. The van der Waals surface area contributed by atoms with E-state index in [9.17, 15) is 0 Å². The third-order valence-electron chi connectivity index (χ3n) is 7.46. The predicted molar refractivity (Wildman–Crippen MR) is 170 cm³/mol. The average molecular weight is 519 g/mol. The third kappa shape index (κ3) is 5.92. The minimum absolute atomic E-state index is 1.01. The summed E-state index contributed by atoms with van der Waals surface area (Å²) in [5.41, 5.74) is 10.2. The minimum Gasteiger partial charge on any atom is -0.314 e. The van der Waals surface area contributed by atoms with E-state index in [4.69, 9.17) is 0 Å². The van der Waals surface area contributed by atoms with Gasteiger partial charge in [0.15, 0.2) is 0 Å². The van der Waals surface area contributed by atoms with Gasteiger partial charge in [-0.05, 0) is 97.5 Å². The van der Waals surface area contributed by atoms with Crippen LogP contribution in [0.15, 0.2) is 180 Å². The molecule has 0 N–H and O–H groups in total. The molecule has 0 spiro atoms. The Morgan fingerprint density at radius 1 is 0.350 bits per heavy atom. The summed E-state index contributed by atoms with van der Waals surface area (Å²) in [7, 11) is 0. The van der Waals surface area contributed by atoms with Crippen molar-refractivity contribution < 1.29 is 0 Å². The van der Waals surface area contributed by atoms with Gasteiger partial charge in [-0.1, -0.05) is 97.1 Å². The van der Waals surface area contributed by atoms with Crippen LogP contribution < -0.4 is 9.80 Å². The summed E-state index contributed by atoms with van der Waals surface area (Å²) < 4.78 is 0. The highest BCUT2D eigenvalue weighted by Gasteiger charge is 2.18. The van der Waals surface area contributed by atoms with Gasteiger partial charge in [0, 0.05) is 34.1 Å². The number of anilines is 4. The molecule has 2 aliphatic rings. The largest absolute Gasteiger partial charge is 0.314 e. The standard InChI is InChI=1S/C38H34N2/c1-5-13-33(14-6-1)39(34-15-7-2-8-16-34)37-27-23-31(24-28-37)21-22-32-25-29-38(30-26-32)40(35-17-9-3-10-18-35)36-19-11-4-12-20-36/h1-23,25,27,29H,24,26,28,30H2/b22-21+. The number of benzene rings is 4. The van der Waals surface area contributed by atoms with Gasteiger partial charge in [0.05, 0.1) is 0 Å². The number of hydrogen-bond donors (Lipinski definition) is 0. The molecule has 0 aliphatic heterocycles. The van der Waals surface area contributed by atoms with Crippen molar-refractivity contribution in [2.45, 2.75) is 25.7 Å². The first-order chi connectivity index (χ1) is 19.8. The van der Waals surface area contributed by atoms with Crippen LogP contribution in [0.5, 0.6) is 0 Å². The first-order valence-corrected chi connectivity index (χ1v) is 14.1. The molecule has 2 aliphatic carbocycles. The monoisotopic (exact) mass is 518 g/mol. The zero-order valence-electron chi connectivity index (χ0n) is 22.7. The quantitative estimate of drug-likeness (QED) is 0.229. The normalized spacial score (nSPS) is 15.1. The Morgan fingerprint density at radius 2 is 0.650 bits per heavy atom. The highest BCUT2D eigenvalue weighted by Crippen LogP contribution is 2.36. The molecule has 0 saturated heterocycles. The molecule has 0 fully saturated rings. The van der Waals surface area contributed by atoms with Crippen LogP contribution in [0.3, 0.4) is 0 Å². The maximum Gasteiger partial charge on any atom is 0.0458 e. The number of hydrogen-bond acceptors (Lipinski definition) is 2. The highest BCUT2D eigenvalue weighted by atomic mass is 15.2. The molecule has 40 heavy (non-hydrogen) atoms. The van der Waals surface area contributed by atoms with Crippen molar-refractivity contribution in [3.8, 4) is 0 Å². The zero-order valence-corrected chi connectivity index (χ0v) is 22.7. The molecule has 0 heterocycles. The maximum atomic E-state index is 2.37. The summed E-state index contributed by atoms with van der Waals surface area (Å²) in [5.74, 6) is 0. The molecule has 4 aromatic rings. The summed E-state index contributed by atoms with van der Waals surface area (Å²) in [6, 6.07) is 42.6. The highest BCUT2D eigenvalue weighted by molar-refractivity contribution is 5.70. The molecule has 0 aromatic heterocycles. The Morgan fingerprint density at radius 3 is 0.900 bits per heavy atom. The van der Waals surface area contributed by atoms with Gasteiger partial charge in [-0.25, -0.2) is 0 Å². The van der Waals surface area contributed by atoms with Crippen LogP contribution in [-0.4, -0.2) is 0 Å². The van der Waals surface area contributed by atoms with E-state index in [0.717, 1.165) is 25.7 Å². The summed E-state index contributed by atoms with van der Waals surface area (Å²) in [6.07, 6.45) is 17.8. The predicted octanol–water partition coefficient (Wildman–Crippen LogP) is 10.4. The van der Waals surface area contributed by atoms with E-state index >= 15 is 0 Å². The number of nitrogens with zero attached hydrogens (tertiary/aromatic N) is 2. The van der Waals surface area contributed by atoms with Gasteiger partial charge in [0.1, 0.15) is 0 Å². The lowest BCUT2D eigenvalue weighted by Gasteiger charge is -2.30. The third-order valence-corrected chi connectivity index (χ3v) is 7.46. The molecule has 2 nitrogen and oxygen atoms in total. The van der Waals surface area contributed by atoms with Gasteiger partial charge >= 0.3 is 0 Å². The van der Waals surface area contributed by atoms with Gasteiger partial charge in [-0.2, -0.15) is 0 Å². The molecule has 196 valence electrons. The average Bonchev–Trinajstić information content (AvgIpc) is 3.04. The van der Waals surface area contributed by atoms with Crippen LogP contribution >= 0.6 is 0 Å². The van der Waals surface area contributed by atoms with Crippen LogP contribution in [0, 0.1) is 0 Å². The van der Waals surface area contributed by atoms with Crippen LogP contribution in [0.25, 0.3) is 0 Å². The molecule has 0 radical (unpaired) electrons. The van der Waals surface area contributed by atoms with Crippen LogP contribution in [0.2, 0.25) is 0 Å². The first-order valence-electron chi connectivity index (χ1n) is 14.1. The molecule has 6 rings (SSSR count). The molecule has 2 heteroatoms. The van der Waals surface area contributed by atoms with Gasteiger partial charge < -0.3 is 9.80 Å². The lowest BCUT2D eigenvalue weighted by Crippen LogP contribution is -2.17. The van der Waals surface area contributed by atoms with Gasteiger partial charge in [-0.3, -0.25) is 0 Å². The second-order valence-electron chi connectivity index (χ2n) is 10.1. The Bertz CT molecular complexity index is 1360. The van der Waals surface area contributed by atoms with E-state index in [1.54, 1.807) is 0 Å². The number of para-hydroxylation sites is 4. The fraction of sp³-hybridized carbons (Fsp3) is 0.105. The van der Waals surface area contributed by atoms with E-state index in [1.807, 2.05) is 0 Å². The van der Waals surface area contributed by atoms with Crippen molar-refractivity contribution in [2.24, 2.45) is 0 Å². The Labute approximate surface area is 238 Å². The van der Waals surface area contributed by atoms with Crippen molar-refractivity contribution in [1.29, 1.82) is 0 Å². The lowest BCUT2D eigenvalue weighted by molar-refractivity contribution is 0.883. The first kappa shape index (κ1) is 25.5. The fourth-order valence-electron chi connectivity index (χ4n) is 5.42. The van der Waals surface area contributed by atoms with E-state index in [1.165, 1.54) is 45.3 Å². The molecule has 0 bridgehead atoms. The van der Waals surface area contributed by atoms with Crippen LogP contribution in [0.4, 0.5) is 22.7 Å². The van der Waals surface area contributed by atoms with Gasteiger partial charge in [-0.15, -0.1) is 0 Å². The van der Waals surface area contributed by atoms with E-state index in [2.05, 4.69) is 168 Å². The minimum atomic E-state index is 1.01. The summed E-state index contributed by atoms with van der Waals surface area (Å²) in [6.45, 7) is 0. The number of allylic oxidation sites excluding steroid dienone is 10. The molecular weight excluding hydrogens is 484 g/mol. The molecule has 0 saturated carbocycles. The van der Waals surface area contributed by atoms with Crippen molar-refractivity contribution in [1.82, 2.24) is 0 Å². The van der Waals surface area contributed by atoms with E-state index < -0.39 is 0 Å². The molecule has 0 unspecified atom stereocenters. The fourth-order valence-corrected chi connectivity index (χ4v) is 5.42. The van der Waals surface area contributed by atoms with Crippen molar-refractivity contribution in [2.75, 3.05) is 9.80 Å². The topological polar surface area (TPSA) is 6.48 Å². The second kappa shape index (κ2) is 12.4. The second-order valence-corrected chi connectivity index (χ2v) is 10.1. The van der Waals surface area contributed by atoms with Crippen molar-refractivity contribution in [3.63, 3.8) is 0 Å². The van der Waals surface area contributed by atoms with Gasteiger partial charge in [0.25, 0.3) is 0 Å². The molecule has 0 amide bonds. The van der Waals surface area contributed by atoms with Crippen molar-refractivity contribution in [3.05, 3.63) is 180 Å². The molecule has 4 aromatic carbocycles. The molecule has 0 atom stereocenters. The maximum absolute atomic E-state index is 2.37. The smallest absolute Gasteiger partial charge is 0.0458 e. The lowest BCUT2D eigenvalue weighted by atomic mass is 9.97. The summed E-state index contributed by atoms with van der Waals surface area (Å²) in [4.78, 5) is 4.75. The van der Waals surface area contributed by atoms with E-state index in [0.29, 0.717) is 0 Å². The van der Waals surface area contributed by atoms with Crippen LogP contribution in [-0.2, 0) is 0 Å². The zero-order chi connectivity index (χ0) is 27.0. The molecular formula is C38H34N2. The number of rotatable bonds is 8. The summed E-state index contributed by atoms with van der Waals surface area (Å²) in [5, 5.41) is 0. The SMILES string of the molecule is C1=C(/C=C/C2=CC=C(N(c3ccccc3)c3ccccc3)CC2)CCC(N(c2ccccc2)c2ccccc2)=C1. The van der Waals surface area contributed by atoms with E-state index in [-0.39, 0.29) is 0 Å². The van der Waals surface area contributed by atoms with Crippen molar-refractivity contribution >= 4 is 22.7 Å². The Balaban J connectivity index is 1.20.